The highest BCUT2D eigenvalue weighted by atomic mass is 15.1. The highest BCUT2D eigenvalue weighted by molar-refractivity contribution is 5.90. The third-order valence-corrected chi connectivity index (χ3v) is 4.91. The second kappa shape index (κ2) is 7.79. The number of nitrogens with one attached hydrogen (secondary N) is 1. The molecule has 1 fully saturated rings. The predicted octanol–water partition coefficient (Wildman–Crippen LogP) is 3.84. The summed E-state index contributed by atoms with van der Waals surface area (Å²) in [6, 6.07) is 12.1. The van der Waals surface area contributed by atoms with Crippen LogP contribution < -0.4 is 5.32 Å². The van der Waals surface area contributed by atoms with Crippen LogP contribution in [0.4, 0.5) is 5.82 Å². The maximum Gasteiger partial charge on any atom is 0.163 e. The fraction of sp³-hybridized carbons (Fsp3) is 0.381. The Morgan fingerprint density at radius 3 is 2.73 bits per heavy atom. The Morgan fingerprint density at radius 2 is 1.92 bits per heavy atom. The van der Waals surface area contributed by atoms with Crippen molar-refractivity contribution in [2.24, 2.45) is 5.92 Å². The zero-order chi connectivity index (χ0) is 17.8. The Balaban J connectivity index is 1.56. The fourth-order valence-corrected chi connectivity index (χ4v) is 3.58. The topological polar surface area (TPSA) is 53.9 Å². The van der Waals surface area contributed by atoms with Crippen molar-refractivity contribution in [1.82, 2.24) is 19.9 Å². The van der Waals surface area contributed by atoms with E-state index in [4.69, 9.17) is 9.97 Å². The number of likely N-dealkylation sites (tertiary alicyclic amines) is 1. The van der Waals surface area contributed by atoms with E-state index in [1.165, 1.54) is 25.9 Å². The van der Waals surface area contributed by atoms with Crippen LogP contribution in [0.25, 0.3) is 22.3 Å². The Kier molecular flexibility index (Phi) is 5.07. The molecular formula is C21H25N5. The lowest BCUT2D eigenvalue weighted by Gasteiger charge is -2.21. The van der Waals surface area contributed by atoms with E-state index in [0.29, 0.717) is 11.7 Å². The first kappa shape index (κ1) is 16.9. The van der Waals surface area contributed by atoms with Gasteiger partial charge in [-0.05, 0) is 56.1 Å². The van der Waals surface area contributed by atoms with Gasteiger partial charge in [0, 0.05) is 36.4 Å². The van der Waals surface area contributed by atoms with Gasteiger partial charge in [0.05, 0.1) is 5.52 Å². The van der Waals surface area contributed by atoms with Gasteiger partial charge in [0.25, 0.3) is 0 Å². The molecule has 26 heavy (non-hydrogen) atoms. The highest BCUT2D eigenvalue weighted by Gasteiger charge is 2.15. The molecule has 1 atom stereocenters. The summed E-state index contributed by atoms with van der Waals surface area (Å²) in [5.41, 5.74) is 1.89. The van der Waals surface area contributed by atoms with Gasteiger partial charge in [0.1, 0.15) is 5.82 Å². The average molecular weight is 347 g/mol. The van der Waals surface area contributed by atoms with Gasteiger partial charge >= 0.3 is 0 Å². The molecule has 0 saturated carbocycles. The largest absolute Gasteiger partial charge is 0.369 e. The molecule has 0 bridgehead atoms. The zero-order valence-electron chi connectivity index (χ0n) is 15.2. The van der Waals surface area contributed by atoms with Gasteiger partial charge in [-0.15, -0.1) is 0 Å². The first-order chi connectivity index (χ1) is 12.8. The number of para-hydroxylation sites is 1. The summed E-state index contributed by atoms with van der Waals surface area (Å²) in [4.78, 5) is 16.3. The minimum atomic E-state index is 0.573. The molecule has 4 rings (SSSR count). The first-order valence-corrected chi connectivity index (χ1v) is 9.43. The molecule has 3 aromatic rings. The number of pyridine rings is 1. The number of hydrogen-bond acceptors (Lipinski definition) is 5. The molecule has 3 heterocycles. The molecule has 5 nitrogen and oxygen atoms in total. The van der Waals surface area contributed by atoms with Crippen molar-refractivity contribution in [3.63, 3.8) is 0 Å². The van der Waals surface area contributed by atoms with Gasteiger partial charge in [-0.3, -0.25) is 4.98 Å². The summed E-state index contributed by atoms with van der Waals surface area (Å²) in [5, 5.41) is 4.64. The Hall–Kier alpha value is -2.53. The fourth-order valence-electron chi connectivity index (χ4n) is 3.58. The Labute approximate surface area is 154 Å². The van der Waals surface area contributed by atoms with Crippen molar-refractivity contribution < 1.29 is 0 Å². The molecule has 1 N–H and O–H groups in total. The van der Waals surface area contributed by atoms with E-state index in [0.717, 1.165) is 35.4 Å². The van der Waals surface area contributed by atoms with Gasteiger partial charge in [-0.2, -0.15) is 0 Å². The van der Waals surface area contributed by atoms with Crippen LogP contribution >= 0.6 is 0 Å². The Bertz CT molecular complexity index is 859. The molecule has 1 unspecified atom stereocenters. The molecule has 1 aliphatic heterocycles. The Morgan fingerprint density at radius 1 is 1.08 bits per heavy atom. The van der Waals surface area contributed by atoms with Gasteiger partial charge in [0.2, 0.25) is 0 Å². The summed E-state index contributed by atoms with van der Waals surface area (Å²) < 4.78 is 0. The van der Waals surface area contributed by atoms with Crippen LogP contribution in [0.5, 0.6) is 0 Å². The van der Waals surface area contributed by atoms with Crippen molar-refractivity contribution in [1.29, 1.82) is 0 Å². The molecule has 0 spiro atoms. The summed E-state index contributed by atoms with van der Waals surface area (Å²) in [7, 11) is 0. The lowest BCUT2D eigenvalue weighted by molar-refractivity contribution is 0.294. The van der Waals surface area contributed by atoms with E-state index >= 15 is 0 Å². The number of anilines is 1. The summed E-state index contributed by atoms with van der Waals surface area (Å²) in [5.74, 6) is 2.19. The summed E-state index contributed by atoms with van der Waals surface area (Å²) in [6.45, 7) is 6.84. The quantitative estimate of drug-likeness (QED) is 0.734. The van der Waals surface area contributed by atoms with Crippen LogP contribution in [-0.4, -0.2) is 46.0 Å². The number of aromatic nitrogens is 3. The molecule has 0 radical (unpaired) electrons. The van der Waals surface area contributed by atoms with E-state index in [1.54, 1.807) is 6.20 Å². The molecule has 0 aliphatic carbocycles. The number of benzene rings is 1. The maximum absolute atomic E-state index is 4.80. The van der Waals surface area contributed by atoms with Crippen LogP contribution in [0, 0.1) is 5.92 Å². The summed E-state index contributed by atoms with van der Waals surface area (Å²) >= 11 is 0. The second-order valence-corrected chi connectivity index (χ2v) is 7.15. The first-order valence-electron chi connectivity index (χ1n) is 9.43. The SMILES string of the molecule is CC(CNc1nc(-c2cccnc2)nc2ccccc12)CN1CCCC1. The van der Waals surface area contributed by atoms with Crippen molar-refractivity contribution in [3.8, 4) is 11.4 Å². The van der Waals surface area contributed by atoms with E-state index in [2.05, 4.69) is 28.2 Å². The minimum absolute atomic E-state index is 0.573. The van der Waals surface area contributed by atoms with E-state index in [1.807, 2.05) is 36.5 Å². The lowest BCUT2D eigenvalue weighted by Crippen LogP contribution is -2.29. The van der Waals surface area contributed by atoms with Gasteiger partial charge < -0.3 is 10.2 Å². The molecule has 134 valence electrons. The highest BCUT2D eigenvalue weighted by Crippen LogP contribution is 2.24. The average Bonchev–Trinajstić information content (AvgIpc) is 3.19. The van der Waals surface area contributed by atoms with Crippen LogP contribution in [-0.2, 0) is 0 Å². The van der Waals surface area contributed by atoms with Crippen LogP contribution in [0.15, 0.2) is 48.8 Å². The van der Waals surface area contributed by atoms with Crippen LogP contribution in [0.2, 0.25) is 0 Å². The molecule has 1 aliphatic rings. The lowest BCUT2D eigenvalue weighted by atomic mass is 10.1. The van der Waals surface area contributed by atoms with Crippen molar-refractivity contribution >= 4 is 16.7 Å². The number of fused-ring (bicyclic) bond motifs is 1. The second-order valence-electron chi connectivity index (χ2n) is 7.15. The minimum Gasteiger partial charge on any atom is -0.369 e. The van der Waals surface area contributed by atoms with Crippen molar-refractivity contribution in [2.75, 3.05) is 31.5 Å². The molecule has 2 aromatic heterocycles. The molecule has 5 heteroatoms. The van der Waals surface area contributed by atoms with E-state index in [-0.39, 0.29) is 0 Å². The standard InChI is InChI=1S/C21H25N5/c1-16(15-26-11-4-5-12-26)13-23-21-18-8-2-3-9-19(18)24-20(25-21)17-7-6-10-22-14-17/h2-3,6-10,14,16H,4-5,11-13,15H2,1H3,(H,23,24,25). The third-order valence-electron chi connectivity index (χ3n) is 4.91. The molecular weight excluding hydrogens is 322 g/mol. The van der Waals surface area contributed by atoms with Gasteiger partial charge in [0.15, 0.2) is 5.82 Å². The number of nitrogens with zero attached hydrogens (tertiary/aromatic N) is 4. The molecule has 1 saturated heterocycles. The third kappa shape index (κ3) is 3.83. The normalized spacial score (nSPS) is 16.0. The smallest absolute Gasteiger partial charge is 0.163 e. The van der Waals surface area contributed by atoms with E-state index < -0.39 is 0 Å². The summed E-state index contributed by atoms with van der Waals surface area (Å²) in [6.07, 6.45) is 6.25. The van der Waals surface area contributed by atoms with Crippen LogP contribution in [0.1, 0.15) is 19.8 Å². The van der Waals surface area contributed by atoms with Gasteiger partial charge in [-0.1, -0.05) is 19.1 Å². The zero-order valence-corrected chi connectivity index (χ0v) is 15.2. The monoisotopic (exact) mass is 347 g/mol. The predicted molar refractivity (Wildman–Crippen MR) is 106 cm³/mol. The number of hydrogen-bond donors (Lipinski definition) is 1. The van der Waals surface area contributed by atoms with Crippen molar-refractivity contribution in [3.05, 3.63) is 48.8 Å². The van der Waals surface area contributed by atoms with E-state index in [9.17, 15) is 0 Å². The van der Waals surface area contributed by atoms with Crippen molar-refractivity contribution in [2.45, 2.75) is 19.8 Å². The maximum atomic E-state index is 4.80. The van der Waals surface area contributed by atoms with Gasteiger partial charge in [-0.25, -0.2) is 9.97 Å². The molecule has 1 aromatic carbocycles. The number of rotatable bonds is 6. The molecule has 0 amide bonds. The van der Waals surface area contributed by atoms with Crippen LogP contribution in [0.3, 0.4) is 0 Å².